The summed E-state index contributed by atoms with van der Waals surface area (Å²) < 4.78 is 5.80. The summed E-state index contributed by atoms with van der Waals surface area (Å²) >= 11 is 0. The van der Waals surface area contributed by atoms with Crippen LogP contribution >= 0.6 is 0 Å². The minimum absolute atomic E-state index is 0.0543. The van der Waals surface area contributed by atoms with Crippen molar-refractivity contribution >= 4 is 16.7 Å². The van der Waals surface area contributed by atoms with Crippen LogP contribution in [-0.2, 0) is 4.74 Å². The molecule has 4 heteroatoms. The maximum Gasteiger partial charge on any atom is 0.194 e. The Balaban J connectivity index is 1.58. The summed E-state index contributed by atoms with van der Waals surface area (Å²) in [6.45, 7) is 2.49. The molecule has 0 radical (unpaired) electrons. The molecule has 2 atom stereocenters. The third-order valence-corrected chi connectivity index (χ3v) is 4.56. The van der Waals surface area contributed by atoms with Crippen LogP contribution in [0.5, 0.6) is 0 Å². The van der Waals surface area contributed by atoms with Gasteiger partial charge in [0.25, 0.3) is 0 Å². The number of benzene rings is 1. The number of ketones is 1. The highest BCUT2D eigenvalue weighted by atomic mass is 16.5. The van der Waals surface area contributed by atoms with Crippen molar-refractivity contribution < 1.29 is 9.53 Å². The van der Waals surface area contributed by atoms with Gasteiger partial charge in [0.15, 0.2) is 5.78 Å². The molecule has 2 fully saturated rings. The molecule has 4 rings (SSSR count). The van der Waals surface area contributed by atoms with Crippen LogP contribution in [0.1, 0.15) is 23.2 Å². The predicted octanol–water partition coefficient (Wildman–Crippen LogP) is 2.28. The fraction of sp³-hybridized carbons (Fsp3) is 0.412. The smallest absolute Gasteiger partial charge is 0.194 e. The monoisotopic (exact) mass is 282 g/mol. The van der Waals surface area contributed by atoms with Crippen LogP contribution in [0.3, 0.4) is 0 Å². The van der Waals surface area contributed by atoms with Crippen molar-refractivity contribution in [1.29, 1.82) is 0 Å². The highest BCUT2D eigenvalue weighted by Gasteiger charge is 2.35. The van der Waals surface area contributed by atoms with Crippen molar-refractivity contribution in [2.45, 2.75) is 25.0 Å². The molecule has 3 heterocycles. The van der Waals surface area contributed by atoms with E-state index >= 15 is 0 Å². The van der Waals surface area contributed by atoms with E-state index in [4.69, 9.17) is 4.74 Å². The first-order chi connectivity index (χ1) is 10.3. The number of aromatic nitrogens is 1. The van der Waals surface area contributed by atoms with Crippen LogP contribution in [-0.4, -0.2) is 47.5 Å². The maximum absolute atomic E-state index is 12.6. The third kappa shape index (κ3) is 2.34. The molecule has 2 aromatic rings. The number of nitrogens with zero attached hydrogens (tertiary/aromatic N) is 2. The molecule has 0 aliphatic carbocycles. The molecule has 0 saturated carbocycles. The molecular formula is C17H18N2O2. The van der Waals surface area contributed by atoms with Gasteiger partial charge < -0.3 is 4.74 Å². The lowest BCUT2D eigenvalue weighted by Crippen LogP contribution is -2.49. The second-order valence-corrected chi connectivity index (χ2v) is 5.89. The number of carbonyl (C=O) groups excluding carboxylic acids is 1. The molecule has 2 aliphatic rings. The first-order valence-electron chi connectivity index (χ1n) is 7.56. The van der Waals surface area contributed by atoms with Crippen molar-refractivity contribution in [3.05, 3.63) is 42.1 Å². The molecular weight excluding hydrogens is 264 g/mol. The topological polar surface area (TPSA) is 42.4 Å². The number of hydrogen-bond acceptors (Lipinski definition) is 4. The third-order valence-electron chi connectivity index (χ3n) is 4.56. The fourth-order valence-corrected chi connectivity index (χ4v) is 3.37. The highest BCUT2D eigenvalue weighted by molar-refractivity contribution is 6.01. The van der Waals surface area contributed by atoms with E-state index in [1.54, 1.807) is 6.20 Å². The zero-order valence-corrected chi connectivity index (χ0v) is 11.9. The lowest BCUT2D eigenvalue weighted by Gasteiger charge is -2.34. The fourth-order valence-electron chi connectivity index (χ4n) is 3.37. The second kappa shape index (κ2) is 5.20. The maximum atomic E-state index is 12.6. The van der Waals surface area contributed by atoms with Gasteiger partial charge in [0, 0.05) is 29.7 Å². The van der Waals surface area contributed by atoms with Crippen molar-refractivity contribution in [3.63, 3.8) is 0 Å². The van der Waals surface area contributed by atoms with Gasteiger partial charge in [-0.15, -0.1) is 0 Å². The van der Waals surface area contributed by atoms with Crippen molar-refractivity contribution in [3.8, 4) is 0 Å². The summed E-state index contributed by atoms with van der Waals surface area (Å²) in [6.07, 6.45) is 3.73. The molecule has 1 aromatic carbocycles. The molecule has 0 N–H and O–H groups in total. The van der Waals surface area contributed by atoms with Crippen molar-refractivity contribution in [1.82, 2.24) is 9.88 Å². The first-order valence-corrected chi connectivity index (χ1v) is 7.56. The van der Waals surface area contributed by atoms with Gasteiger partial charge in [0.1, 0.15) is 6.10 Å². The summed E-state index contributed by atoms with van der Waals surface area (Å²) in [6, 6.07) is 10.3. The number of para-hydroxylation sites is 1. The van der Waals surface area contributed by atoms with Gasteiger partial charge in [-0.2, -0.15) is 0 Å². The highest BCUT2D eigenvalue weighted by Crippen LogP contribution is 2.24. The quantitative estimate of drug-likeness (QED) is 0.793. The van der Waals surface area contributed by atoms with Gasteiger partial charge in [0.2, 0.25) is 0 Å². The molecule has 2 saturated heterocycles. The zero-order chi connectivity index (χ0) is 14.2. The normalized spacial score (nSPS) is 25.9. The van der Waals surface area contributed by atoms with E-state index in [0.29, 0.717) is 18.2 Å². The molecule has 0 amide bonds. The van der Waals surface area contributed by atoms with Gasteiger partial charge in [0.05, 0.1) is 12.1 Å². The predicted molar refractivity (Wildman–Crippen MR) is 80.4 cm³/mol. The van der Waals surface area contributed by atoms with Gasteiger partial charge >= 0.3 is 0 Å². The number of fused-ring (bicyclic) bond motifs is 2. The van der Waals surface area contributed by atoms with Crippen molar-refractivity contribution in [2.24, 2.45) is 0 Å². The van der Waals surface area contributed by atoms with Crippen LogP contribution in [0.15, 0.2) is 36.5 Å². The largest absolute Gasteiger partial charge is 0.367 e. The van der Waals surface area contributed by atoms with Crippen LogP contribution < -0.4 is 0 Å². The average molecular weight is 282 g/mol. The average Bonchev–Trinajstić information content (AvgIpc) is 3.01. The summed E-state index contributed by atoms with van der Waals surface area (Å²) in [7, 11) is 0. The molecule has 2 unspecified atom stereocenters. The number of hydrogen-bond donors (Lipinski definition) is 0. The Bertz CT molecular complexity index is 685. The molecule has 21 heavy (non-hydrogen) atoms. The Kier molecular flexibility index (Phi) is 3.20. The van der Waals surface area contributed by atoms with Gasteiger partial charge in [-0.05, 0) is 31.5 Å². The molecule has 0 spiro atoms. The van der Waals surface area contributed by atoms with Crippen LogP contribution in [0.4, 0.5) is 0 Å². The van der Waals surface area contributed by atoms with Gasteiger partial charge in [-0.3, -0.25) is 14.7 Å². The Hall–Kier alpha value is -1.78. The number of Topliss-reactive ketones (excluding diaryl/α,β-unsaturated/α-hetero) is 1. The Morgan fingerprint density at radius 3 is 3.19 bits per heavy atom. The molecule has 0 bridgehead atoms. The van der Waals surface area contributed by atoms with E-state index in [9.17, 15) is 4.79 Å². The summed E-state index contributed by atoms with van der Waals surface area (Å²) in [5.74, 6) is 0.0543. The van der Waals surface area contributed by atoms with E-state index in [-0.39, 0.29) is 11.9 Å². The lowest BCUT2D eigenvalue weighted by molar-refractivity contribution is -0.0344. The SMILES string of the molecule is O=C(c1cnc2ccccc2c1)C1CN2CCCC2CO1. The minimum Gasteiger partial charge on any atom is -0.367 e. The molecule has 108 valence electrons. The number of ether oxygens (including phenoxy) is 1. The first kappa shape index (κ1) is 12.9. The minimum atomic E-state index is -0.345. The van der Waals surface area contributed by atoms with Gasteiger partial charge in [-0.25, -0.2) is 0 Å². The number of morpholine rings is 1. The van der Waals surface area contributed by atoms with Crippen LogP contribution in [0.2, 0.25) is 0 Å². The number of carbonyl (C=O) groups is 1. The van der Waals surface area contributed by atoms with E-state index in [2.05, 4.69) is 9.88 Å². The Labute approximate surface area is 123 Å². The van der Waals surface area contributed by atoms with E-state index in [1.165, 1.54) is 12.8 Å². The molecule has 1 aromatic heterocycles. The van der Waals surface area contributed by atoms with Crippen LogP contribution in [0.25, 0.3) is 10.9 Å². The second-order valence-electron chi connectivity index (χ2n) is 5.89. The zero-order valence-electron chi connectivity index (χ0n) is 11.9. The summed E-state index contributed by atoms with van der Waals surface area (Å²) in [5, 5.41) is 0.998. The van der Waals surface area contributed by atoms with E-state index in [0.717, 1.165) is 24.0 Å². The van der Waals surface area contributed by atoms with E-state index in [1.807, 2.05) is 30.3 Å². The van der Waals surface area contributed by atoms with Crippen molar-refractivity contribution in [2.75, 3.05) is 19.7 Å². The van der Waals surface area contributed by atoms with Crippen LogP contribution in [0, 0.1) is 0 Å². The number of rotatable bonds is 2. The standard InChI is InChI=1S/C17H18N2O2/c20-17(16-10-19-7-3-5-14(19)11-21-16)13-8-12-4-1-2-6-15(12)18-9-13/h1-2,4,6,8-9,14,16H,3,5,7,10-11H2. The summed E-state index contributed by atoms with van der Waals surface area (Å²) in [4.78, 5) is 19.4. The lowest BCUT2D eigenvalue weighted by atomic mass is 10.0. The molecule has 4 nitrogen and oxygen atoms in total. The summed E-state index contributed by atoms with van der Waals surface area (Å²) in [5.41, 5.74) is 1.56. The Morgan fingerprint density at radius 2 is 2.24 bits per heavy atom. The van der Waals surface area contributed by atoms with E-state index < -0.39 is 0 Å². The Morgan fingerprint density at radius 1 is 1.33 bits per heavy atom. The molecule has 2 aliphatic heterocycles. The van der Waals surface area contributed by atoms with Gasteiger partial charge in [-0.1, -0.05) is 18.2 Å². The number of pyridine rings is 1.